The van der Waals surface area contributed by atoms with Gasteiger partial charge < -0.3 is 14.8 Å². The number of nitrogens with zero attached hydrogens (tertiary/aromatic N) is 2. The summed E-state index contributed by atoms with van der Waals surface area (Å²) in [5, 5.41) is 11.5. The maximum Gasteiger partial charge on any atom is 0.573 e. The molecule has 0 saturated carbocycles. The maximum absolute atomic E-state index is 12.8. The molecule has 0 bridgehead atoms. The van der Waals surface area contributed by atoms with Gasteiger partial charge in [0.1, 0.15) is 17.2 Å². The van der Waals surface area contributed by atoms with Gasteiger partial charge in [-0.05, 0) is 66.7 Å². The Morgan fingerprint density at radius 2 is 1.90 bits per heavy atom. The first kappa shape index (κ1) is 22.1. The molecule has 1 heterocycles. The van der Waals surface area contributed by atoms with Gasteiger partial charge in [0.05, 0.1) is 18.4 Å². The molecule has 31 heavy (non-hydrogen) atoms. The molecule has 0 atom stereocenters. The van der Waals surface area contributed by atoms with E-state index in [0.717, 1.165) is 12.1 Å². The molecule has 1 amide bonds. The molecule has 0 unspecified atom stereocenters. The van der Waals surface area contributed by atoms with Gasteiger partial charge in [-0.15, -0.1) is 13.2 Å². The van der Waals surface area contributed by atoms with Crippen molar-refractivity contribution < 1.29 is 27.4 Å². The molecule has 1 aliphatic heterocycles. The number of ether oxygens (including phenoxy) is 2. The van der Waals surface area contributed by atoms with Gasteiger partial charge >= 0.3 is 6.36 Å². The van der Waals surface area contributed by atoms with Crippen LogP contribution in [-0.4, -0.2) is 24.0 Å². The smallest absolute Gasteiger partial charge is 0.494 e. The number of carbonyl (C=O) groups excluding carboxylic acids is 1. The number of hydrogen-bond acceptors (Lipinski definition) is 5. The Bertz CT molecular complexity index is 1050. The summed E-state index contributed by atoms with van der Waals surface area (Å²) in [6.07, 6.45) is -2.19. The van der Waals surface area contributed by atoms with Crippen molar-refractivity contribution in [1.29, 1.82) is 5.26 Å². The molecule has 1 N–H and O–H groups in total. The zero-order valence-corrected chi connectivity index (χ0v) is 16.8. The SMILES string of the molecule is N#CCCCOc1cccc(/C=C2\NC(=S)N(c3ccc(OC(F)(F)F)cc3)C2=O)c1. The lowest BCUT2D eigenvalue weighted by atomic mass is 10.1. The van der Waals surface area contributed by atoms with Crippen LogP contribution in [0.4, 0.5) is 18.9 Å². The third kappa shape index (κ3) is 5.96. The third-order valence-corrected chi connectivity index (χ3v) is 4.36. The Labute approximate surface area is 181 Å². The van der Waals surface area contributed by atoms with Gasteiger partial charge in [0, 0.05) is 6.42 Å². The van der Waals surface area contributed by atoms with E-state index in [4.69, 9.17) is 22.2 Å². The molecule has 1 aliphatic rings. The number of alkyl halides is 3. The minimum atomic E-state index is -4.80. The molecule has 1 fully saturated rings. The maximum atomic E-state index is 12.8. The largest absolute Gasteiger partial charge is 0.573 e. The summed E-state index contributed by atoms with van der Waals surface area (Å²) in [5.74, 6) is -0.253. The number of thiocarbonyl (C=S) groups is 1. The summed E-state index contributed by atoms with van der Waals surface area (Å²) >= 11 is 5.21. The number of amides is 1. The summed E-state index contributed by atoms with van der Waals surface area (Å²) in [6.45, 7) is 0.399. The molecule has 2 aromatic rings. The standard InChI is InChI=1S/C21H16F3N3O3S/c22-21(23,24)30-16-8-6-15(7-9-16)27-19(28)18(26-20(27)31)13-14-4-3-5-17(12-14)29-11-2-1-10-25/h3-9,12-13H,1-2,11H2,(H,26,31)/b18-13-. The molecule has 1 saturated heterocycles. The predicted molar refractivity (Wildman–Crippen MR) is 111 cm³/mol. The van der Waals surface area contributed by atoms with Crippen LogP contribution in [0, 0.1) is 11.3 Å². The fourth-order valence-corrected chi connectivity index (χ4v) is 3.07. The quantitative estimate of drug-likeness (QED) is 0.382. The number of rotatable bonds is 7. The van der Waals surface area contributed by atoms with Gasteiger partial charge in [0.25, 0.3) is 5.91 Å². The van der Waals surface area contributed by atoms with Crippen molar-refractivity contribution in [3.63, 3.8) is 0 Å². The topological polar surface area (TPSA) is 74.6 Å². The van der Waals surface area contributed by atoms with Crippen molar-refractivity contribution in [2.45, 2.75) is 19.2 Å². The summed E-state index contributed by atoms with van der Waals surface area (Å²) in [4.78, 5) is 14.0. The van der Waals surface area contributed by atoms with Crippen LogP contribution in [0.5, 0.6) is 11.5 Å². The van der Waals surface area contributed by atoms with E-state index in [1.165, 1.54) is 17.0 Å². The molecule has 0 aliphatic carbocycles. The molecular formula is C21H16F3N3O3S. The average Bonchev–Trinajstić information content (AvgIpc) is 2.98. The molecular weight excluding hydrogens is 431 g/mol. The Balaban J connectivity index is 1.73. The number of anilines is 1. The second-order valence-corrected chi connectivity index (χ2v) is 6.74. The van der Waals surface area contributed by atoms with Crippen LogP contribution in [0.2, 0.25) is 0 Å². The first-order valence-electron chi connectivity index (χ1n) is 9.09. The van der Waals surface area contributed by atoms with Crippen LogP contribution in [0.1, 0.15) is 18.4 Å². The summed E-state index contributed by atoms with van der Waals surface area (Å²) in [6, 6.07) is 13.9. The Hall–Kier alpha value is -3.58. The lowest BCUT2D eigenvalue weighted by Crippen LogP contribution is -2.30. The van der Waals surface area contributed by atoms with E-state index in [9.17, 15) is 18.0 Å². The first-order valence-corrected chi connectivity index (χ1v) is 9.50. The van der Waals surface area contributed by atoms with Crippen LogP contribution < -0.4 is 19.7 Å². The van der Waals surface area contributed by atoms with Crippen molar-refractivity contribution >= 4 is 35.0 Å². The summed E-state index contributed by atoms with van der Waals surface area (Å²) in [7, 11) is 0. The minimum absolute atomic E-state index is 0.102. The lowest BCUT2D eigenvalue weighted by molar-refractivity contribution is -0.274. The van der Waals surface area contributed by atoms with E-state index in [-0.39, 0.29) is 10.8 Å². The molecule has 6 nitrogen and oxygen atoms in total. The summed E-state index contributed by atoms with van der Waals surface area (Å²) < 4.78 is 46.3. The van der Waals surface area contributed by atoms with Crippen LogP contribution in [-0.2, 0) is 4.79 Å². The van der Waals surface area contributed by atoms with E-state index >= 15 is 0 Å². The number of hydrogen-bond donors (Lipinski definition) is 1. The second-order valence-electron chi connectivity index (χ2n) is 6.35. The Morgan fingerprint density at radius 3 is 2.58 bits per heavy atom. The van der Waals surface area contributed by atoms with Gasteiger partial charge in [-0.25, -0.2) is 0 Å². The van der Waals surface area contributed by atoms with Crippen molar-refractivity contribution in [2.24, 2.45) is 0 Å². The first-order chi connectivity index (χ1) is 14.8. The van der Waals surface area contributed by atoms with E-state index < -0.39 is 18.0 Å². The Morgan fingerprint density at radius 1 is 1.16 bits per heavy atom. The monoisotopic (exact) mass is 447 g/mol. The number of halogens is 3. The van der Waals surface area contributed by atoms with E-state index in [1.54, 1.807) is 30.3 Å². The van der Waals surface area contributed by atoms with E-state index in [0.29, 0.717) is 36.4 Å². The van der Waals surface area contributed by atoms with Crippen molar-refractivity contribution in [2.75, 3.05) is 11.5 Å². The van der Waals surface area contributed by atoms with Crippen LogP contribution >= 0.6 is 12.2 Å². The normalized spacial score (nSPS) is 15.0. The minimum Gasteiger partial charge on any atom is -0.494 e. The van der Waals surface area contributed by atoms with Crippen LogP contribution in [0.3, 0.4) is 0 Å². The molecule has 10 heteroatoms. The summed E-state index contributed by atoms with van der Waals surface area (Å²) in [5.41, 5.74) is 1.20. The predicted octanol–water partition coefficient (Wildman–Crippen LogP) is 4.53. The number of unbranched alkanes of at least 4 members (excludes halogenated alkanes) is 1. The van der Waals surface area contributed by atoms with Crippen molar-refractivity contribution in [1.82, 2.24) is 5.32 Å². The highest BCUT2D eigenvalue weighted by molar-refractivity contribution is 7.80. The van der Waals surface area contributed by atoms with Gasteiger partial charge in [-0.1, -0.05) is 12.1 Å². The number of nitriles is 1. The molecule has 3 rings (SSSR count). The second kappa shape index (κ2) is 9.49. The van der Waals surface area contributed by atoms with Crippen LogP contribution in [0.25, 0.3) is 6.08 Å². The van der Waals surface area contributed by atoms with Gasteiger partial charge in [0.2, 0.25) is 0 Å². The molecule has 160 valence electrons. The van der Waals surface area contributed by atoms with Gasteiger partial charge in [-0.2, -0.15) is 5.26 Å². The highest BCUT2D eigenvalue weighted by atomic mass is 32.1. The molecule has 0 spiro atoms. The van der Waals surface area contributed by atoms with E-state index in [1.807, 2.05) is 6.07 Å². The highest BCUT2D eigenvalue weighted by Crippen LogP contribution is 2.28. The molecule has 0 radical (unpaired) electrons. The number of carbonyl (C=O) groups is 1. The fraction of sp³-hybridized carbons (Fsp3) is 0.190. The Kier molecular flexibility index (Phi) is 6.77. The van der Waals surface area contributed by atoms with Crippen molar-refractivity contribution in [3.8, 4) is 17.6 Å². The van der Waals surface area contributed by atoms with Crippen LogP contribution in [0.15, 0.2) is 54.2 Å². The fourth-order valence-electron chi connectivity index (χ4n) is 2.77. The van der Waals surface area contributed by atoms with Gasteiger partial charge in [-0.3, -0.25) is 9.69 Å². The number of nitrogens with one attached hydrogen (secondary N) is 1. The zero-order chi connectivity index (χ0) is 22.4. The third-order valence-electron chi connectivity index (χ3n) is 4.08. The lowest BCUT2D eigenvalue weighted by Gasteiger charge is -2.15. The molecule has 2 aromatic carbocycles. The van der Waals surface area contributed by atoms with E-state index in [2.05, 4.69) is 10.1 Å². The average molecular weight is 447 g/mol. The highest BCUT2D eigenvalue weighted by Gasteiger charge is 2.33. The zero-order valence-electron chi connectivity index (χ0n) is 16.0. The number of benzene rings is 2. The van der Waals surface area contributed by atoms with Crippen molar-refractivity contribution in [3.05, 3.63) is 59.8 Å². The van der Waals surface area contributed by atoms with Gasteiger partial charge in [0.15, 0.2) is 5.11 Å². The molecule has 0 aromatic heterocycles.